The maximum atomic E-state index is 12.4. The van der Waals surface area contributed by atoms with Gasteiger partial charge in [-0.15, -0.1) is 18.2 Å². The molecule has 3 rings (SSSR count). The van der Waals surface area contributed by atoms with E-state index in [1.54, 1.807) is 0 Å². The maximum absolute atomic E-state index is 12.4. The number of thiazole rings is 1. The number of aromatic nitrogens is 1. The van der Waals surface area contributed by atoms with E-state index in [0.717, 1.165) is 41.9 Å². The van der Waals surface area contributed by atoms with Crippen molar-refractivity contribution in [1.82, 2.24) is 9.47 Å². The van der Waals surface area contributed by atoms with Gasteiger partial charge in [-0.2, -0.15) is 4.99 Å². The number of terminal acetylenes is 1. The monoisotopic (exact) mass is 445 g/mol. The quantitative estimate of drug-likeness (QED) is 0.614. The highest BCUT2D eigenvalue weighted by atomic mass is 32.2. The van der Waals surface area contributed by atoms with E-state index < -0.39 is 0 Å². The molecule has 1 aliphatic rings. The van der Waals surface area contributed by atoms with Gasteiger partial charge in [-0.05, 0) is 38.0 Å². The molecule has 1 aromatic carbocycles. The Hall–Kier alpha value is -2.24. The molecular formula is C22H27N3O3S2. The Bertz CT molecular complexity index is 995. The normalized spacial score (nSPS) is 15.1. The minimum absolute atomic E-state index is 0.113. The summed E-state index contributed by atoms with van der Waals surface area (Å²) in [6.07, 6.45) is 10.0. The molecule has 1 aromatic heterocycles. The van der Waals surface area contributed by atoms with Crippen LogP contribution in [0.3, 0.4) is 0 Å². The molecule has 6 nitrogen and oxygen atoms in total. The molecular weight excluding hydrogens is 418 g/mol. The van der Waals surface area contributed by atoms with Crippen molar-refractivity contribution in [1.29, 1.82) is 0 Å². The number of hydrogen-bond acceptors (Lipinski definition) is 5. The van der Waals surface area contributed by atoms with Gasteiger partial charge in [0.2, 0.25) is 5.91 Å². The van der Waals surface area contributed by atoms with E-state index in [1.165, 1.54) is 35.9 Å². The molecule has 2 aromatic rings. The van der Waals surface area contributed by atoms with Gasteiger partial charge >= 0.3 is 0 Å². The van der Waals surface area contributed by atoms with Gasteiger partial charge in [0.15, 0.2) is 4.80 Å². The summed E-state index contributed by atoms with van der Waals surface area (Å²) in [6, 6.07) is 5.77. The lowest BCUT2D eigenvalue weighted by atomic mass is 10.2. The number of nitrogens with zero attached hydrogens (tertiary/aromatic N) is 3. The largest absolute Gasteiger partial charge is 0.494 e. The second-order valence-electron chi connectivity index (χ2n) is 7.03. The Labute approximate surface area is 185 Å². The molecule has 0 radical (unpaired) electrons. The number of carbonyl (C=O) groups is 2. The molecule has 0 spiro atoms. The molecule has 8 heteroatoms. The molecule has 1 saturated heterocycles. The van der Waals surface area contributed by atoms with Crippen molar-refractivity contribution in [3.63, 3.8) is 0 Å². The third kappa shape index (κ3) is 5.89. The number of fused-ring (bicyclic) bond motifs is 1. The zero-order valence-electron chi connectivity index (χ0n) is 17.3. The van der Waals surface area contributed by atoms with E-state index in [1.807, 2.05) is 34.6 Å². The number of thioether (sulfide) groups is 1. The standard InChI is InChI=1S/C22H27N3O3S2/c1-3-11-25-18-10-9-17(28-4-2)14-19(18)30-22(25)23-20(26)15-29-16-21(27)24-12-7-5-6-8-13-24/h1,9-10,14H,4-8,11-13,15-16H2,2H3. The molecule has 0 atom stereocenters. The average molecular weight is 446 g/mol. The molecule has 0 bridgehead atoms. The van der Waals surface area contributed by atoms with Gasteiger partial charge in [0.25, 0.3) is 5.91 Å². The second kappa shape index (κ2) is 11.2. The fourth-order valence-corrected chi connectivity index (χ4v) is 5.19. The SMILES string of the molecule is C#CCn1c(=NC(=O)CSCC(=O)N2CCCCCC2)sc2cc(OCC)ccc21. The molecule has 30 heavy (non-hydrogen) atoms. The van der Waals surface area contributed by atoms with Gasteiger partial charge in [0, 0.05) is 13.1 Å². The summed E-state index contributed by atoms with van der Waals surface area (Å²) >= 11 is 2.74. The zero-order valence-corrected chi connectivity index (χ0v) is 18.9. The minimum atomic E-state index is -0.258. The van der Waals surface area contributed by atoms with Crippen LogP contribution in [0.5, 0.6) is 5.75 Å². The topological polar surface area (TPSA) is 63.9 Å². The van der Waals surface area contributed by atoms with Crippen molar-refractivity contribution in [2.45, 2.75) is 39.2 Å². The fourth-order valence-electron chi connectivity index (χ4n) is 3.42. The van der Waals surface area contributed by atoms with E-state index in [9.17, 15) is 9.59 Å². The summed E-state index contributed by atoms with van der Waals surface area (Å²) in [7, 11) is 0. The van der Waals surface area contributed by atoms with Crippen LogP contribution in [0, 0.1) is 12.3 Å². The molecule has 0 unspecified atom stereocenters. The van der Waals surface area contributed by atoms with Crippen LogP contribution < -0.4 is 9.54 Å². The van der Waals surface area contributed by atoms with Crippen LogP contribution in [0.25, 0.3) is 10.2 Å². The molecule has 0 N–H and O–H groups in total. The van der Waals surface area contributed by atoms with Crippen LogP contribution in [0.1, 0.15) is 32.6 Å². The first kappa shape index (κ1) is 22.4. The van der Waals surface area contributed by atoms with Crippen molar-refractivity contribution in [2.75, 3.05) is 31.2 Å². The summed E-state index contributed by atoms with van der Waals surface area (Å²) in [5.41, 5.74) is 0.928. The first-order valence-electron chi connectivity index (χ1n) is 10.2. The lowest BCUT2D eigenvalue weighted by molar-refractivity contribution is -0.128. The van der Waals surface area contributed by atoms with Crippen LogP contribution >= 0.6 is 23.1 Å². The smallest absolute Gasteiger partial charge is 0.258 e. The van der Waals surface area contributed by atoms with Crippen LogP contribution in [0.2, 0.25) is 0 Å². The molecule has 0 aliphatic carbocycles. The summed E-state index contributed by atoms with van der Waals surface area (Å²) in [5, 5.41) is 0. The van der Waals surface area contributed by atoms with E-state index in [0.29, 0.717) is 23.7 Å². The number of ether oxygens (including phenoxy) is 1. The highest BCUT2D eigenvalue weighted by molar-refractivity contribution is 8.00. The van der Waals surface area contributed by atoms with Crippen molar-refractivity contribution in [3.05, 3.63) is 23.0 Å². The number of likely N-dealkylation sites (tertiary alicyclic amines) is 1. The lowest BCUT2D eigenvalue weighted by Crippen LogP contribution is -2.33. The summed E-state index contributed by atoms with van der Waals surface area (Å²) in [5.74, 6) is 3.75. The van der Waals surface area contributed by atoms with Crippen molar-refractivity contribution >= 4 is 45.1 Å². The Morgan fingerprint density at radius 1 is 1.23 bits per heavy atom. The van der Waals surface area contributed by atoms with Crippen molar-refractivity contribution in [2.24, 2.45) is 4.99 Å². The Kier molecular flexibility index (Phi) is 8.40. The van der Waals surface area contributed by atoms with Crippen LogP contribution in [0.4, 0.5) is 0 Å². The van der Waals surface area contributed by atoms with Crippen LogP contribution in [0.15, 0.2) is 23.2 Å². The molecule has 160 valence electrons. The van der Waals surface area contributed by atoms with Gasteiger partial charge in [-0.3, -0.25) is 9.59 Å². The number of amides is 2. The lowest BCUT2D eigenvalue weighted by Gasteiger charge is -2.19. The van der Waals surface area contributed by atoms with Gasteiger partial charge in [-0.25, -0.2) is 0 Å². The maximum Gasteiger partial charge on any atom is 0.258 e. The minimum Gasteiger partial charge on any atom is -0.494 e. The van der Waals surface area contributed by atoms with Gasteiger partial charge in [-0.1, -0.05) is 30.1 Å². The van der Waals surface area contributed by atoms with Crippen LogP contribution in [-0.2, 0) is 16.1 Å². The first-order chi connectivity index (χ1) is 14.6. The Morgan fingerprint density at radius 3 is 2.70 bits per heavy atom. The third-order valence-corrected chi connectivity index (χ3v) is 6.79. The Balaban J connectivity index is 1.67. The van der Waals surface area contributed by atoms with Gasteiger partial charge in [0.05, 0.1) is 34.9 Å². The van der Waals surface area contributed by atoms with Gasteiger partial charge < -0.3 is 14.2 Å². The predicted molar refractivity (Wildman–Crippen MR) is 123 cm³/mol. The van der Waals surface area contributed by atoms with E-state index in [4.69, 9.17) is 11.2 Å². The highest BCUT2D eigenvalue weighted by Crippen LogP contribution is 2.23. The van der Waals surface area contributed by atoms with E-state index in [-0.39, 0.29) is 17.6 Å². The molecule has 2 amide bonds. The molecule has 1 aliphatic heterocycles. The van der Waals surface area contributed by atoms with Gasteiger partial charge in [0.1, 0.15) is 5.75 Å². The summed E-state index contributed by atoms with van der Waals surface area (Å²) in [4.78, 5) is 31.6. The highest BCUT2D eigenvalue weighted by Gasteiger charge is 2.16. The zero-order chi connectivity index (χ0) is 21.3. The summed E-state index contributed by atoms with van der Waals surface area (Å²) < 4.78 is 8.38. The Morgan fingerprint density at radius 2 is 2.00 bits per heavy atom. The molecule has 2 heterocycles. The predicted octanol–water partition coefficient (Wildman–Crippen LogP) is 3.30. The molecule has 1 fully saturated rings. The summed E-state index contributed by atoms with van der Waals surface area (Å²) in [6.45, 7) is 4.52. The number of carbonyl (C=O) groups excluding carboxylic acids is 2. The van der Waals surface area contributed by atoms with Crippen molar-refractivity contribution in [3.8, 4) is 18.1 Å². The molecule has 0 saturated carbocycles. The van der Waals surface area contributed by atoms with Crippen molar-refractivity contribution < 1.29 is 14.3 Å². The number of benzene rings is 1. The van der Waals surface area contributed by atoms with Crippen LogP contribution in [-0.4, -0.2) is 52.5 Å². The fraction of sp³-hybridized carbons (Fsp3) is 0.500. The van der Waals surface area contributed by atoms with E-state index >= 15 is 0 Å². The van der Waals surface area contributed by atoms with E-state index in [2.05, 4.69) is 10.9 Å². The third-order valence-electron chi connectivity index (χ3n) is 4.84. The second-order valence-corrected chi connectivity index (χ2v) is 9.03. The number of rotatable bonds is 7. The number of hydrogen-bond donors (Lipinski definition) is 0. The first-order valence-corrected chi connectivity index (χ1v) is 12.2. The average Bonchev–Trinajstić information content (AvgIpc) is 2.90.